The van der Waals surface area contributed by atoms with Crippen molar-refractivity contribution in [1.82, 2.24) is 5.32 Å². The minimum atomic E-state index is -0.0190. The van der Waals surface area contributed by atoms with Crippen LogP contribution in [-0.2, 0) is 4.79 Å². The highest BCUT2D eigenvalue weighted by Crippen LogP contribution is 2.39. The van der Waals surface area contributed by atoms with Crippen molar-refractivity contribution < 1.29 is 14.3 Å². The highest BCUT2D eigenvalue weighted by Gasteiger charge is 2.20. The monoisotopic (exact) mass is 282 g/mol. The summed E-state index contributed by atoms with van der Waals surface area (Å²) < 4.78 is 10.5. The number of halogens is 1. The van der Waals surface area contributed by atoms with Crippen LogP contribution in [0.4, 0.5) is 5.69 Å². The standard InChI is InChI=1S/C13H15ClN2O3/c14-9-4-11-12(19-7-18-11)5-10(9)16-13(17)3-8-1-2-15-6-8/h4-5,8,15H,1-3,6-7H2,(H,16,17). The van der Waals surface area contributed by atoms with Gasteiger partial charge in [-0.2, -0.15) is 0 Å². The zero-order valence-corrected chi connectivity index (χ0v) is 11.1. The van der Waals surface area contributed by atoms with Gasteiger partial charge in [0.15, 0.2) is 11.5 Å². The molecule has 19 heavy (non-hydrogen) atoms. The third-order valence-corrected chi connectivity index (χ3v) is 3.69. The largest absolute Gasteiger partial charge is 0.454 e. The smallest absolute Gasteiger partial charge is 0.231 e. The van der Waals surface area contributed by atoms with Crippen LogP contribution in [-0.4, -0.2) is 25.8 Å². The van der Waals surface area contributed by atoms with Crippen LogP contribution in [0.1, 0.15) is 12.8 Å². The zero-order chi connectivity index (χ0) is 13.2. The first-order valence-corrected chi connectivity index (χ1v) is 6.70. The molecule has 2 aliphatic heterocycles. The van der Waals surface area contributed by atoms with Crippen LogP contribution in [0.3, 0.4) is 0 Å². The van der Waals surface area contributed by atoms with Gasteiger partial charge in [0.05, 0.1) is 10.7 Å². The van der Waals surface area contributed by atoms with Crippen molar-refractivity contribution in [2.24, 2.45) is 5.92 Å². The predicted molar refractivity (Wildman–Crippen MR) is 71.8 cm³/mol. The van der Waals surface area contributed by atoms with Crippen molar-refractivity contribution in [2.75, 3.05) is 25.2 Å². The maximum atomic E-state index is 12.0. The summed E-state index contributed by atoms with van der Waals surface area (Å²) in [6, 6.07) is 3.37. The van der Waals surface area contributed by atoms with Crippen molar-refractivity contribution in [2.45, 2.75) is 12.8 Å². The molecule has 1 saturated heterocycles. The van der Waals surface area contributed by atoms with Crippen molar-refractivity contribution in [3.05, 3.63) is 17.2 Å². The minimum absolute atomic E-state index is 0.0190. The van der Waals surface area contributed by atoms with Gasteiger partial charge in [-0.1, -0.05) is 11.6 Å². The van der Waals surface area contributed by atoms with Gasteiger partial charge in [-0.15, -0.1) is 0 Å². The number of anilines is 1. The quantitative estimate of drug-likeness (QED) is 0.890. The Morgan fingerprint density at radius 1 is 1.42 bits per heavy atom. The molecule has 2 aliphatic rings. The van der Waals surface area contributed by atoms with Crippen molar-refractivity contribution in [3.63, 3.8) is 0 Å². The third-order valence-electron chi connectivity index (χ3n) is 3.37. The van der Waals surface area contributed by atoms with Gasteiger partial charge in [0.2, 0.25) is 12.7 Å². The van der Waals surface area contributed by atoms with E-state index < -0.39 is 0 Å². The first-order chi connectivity index (χ1) is 9.22. The number of fused-ring (bicyclic) bond motifs is 1. The molecule has 0 aliphatic carbocycles. The molecule has 2 heterocycles. The lowest BCUT2D eigenvalue weighted by atomic mass is 10.0. The number of rotatable bonds is 3. The van der Waals surface area contributed by atoms with E-state index in [2.05, 4.69) is 10.6 Å². The van der Waals surface area contributed by atoms with E-state index in [9.17, 15) is 4.79 Å². The topological polar surface area (TPSA) is 59.6 Å². The number of benzene rings is 1. The molecule has 102 valence electrons. The highest BCUT2D eigenvalue weighted by atomic mass is 35.5. The Hall–Kier alpha value is -1.46. The SMILES string of the molecule is O=C(CC1CCNC1)Nc1cc2c(cc1Cl)OCO2. The molecule has 5 nitrogen and oxygen atoms in total. The maximum absolute atomic E-state index is 12.0. The Labute approximate surface area is 116 Å². The summed E-state index contributed by atoms with van der Waals surface area (Å²) in [7, 11) is 0. The van der Waals surface area contributed by atoms with E-state index in [-0.39, 0.29) is 12.7 Å². The van der Waals surface area contributed by atoms with Gasteiger partial charge in [-0.25, -0.2) is 0 Å². The van der Waals surface area contributed by atoms with E-state index in [1.165, 1.54) is 0 Å². The number of amides is 1. The summed E-state index contributed by atoms with van der Waals surface area (Å²) >= 11 is 6.11. The van der Waals surface area contributed by atoms with Gasteiger partial charge in [-0.3, -0.25) is 4.79 Å². The van der Waals surface area contributed by atoms with Crippen LogP contribution < -0.4 is 20.1 Å². The van der Waals surface area contributed by atoms with Crippen LogP contribution >= 0.6 is 11.6 Å². The average Bonchev–Trinajstić information content (AvgIpc) is 3.00. The molecule has 1 amide bonds. The lowest BCUT2D eigenvalue weighted by Gasteiger charge is -2.11. The first kappa shape index (κ1) is 12.6. The number of hydrogen-bond donors (Lipinski definition) is 2. The average molecular weight is 283 g/mol. The van der Waals surface area contributed by atoms with Gasteiger partial charge in [0.1, 0.15) is 0 Å². The molecule has 1 unspecified atom stereocenters. The van der Waals surface area contributed by atoms with Gasteiger partial charge in [0.25, 0.3) is 0 Å². The summed E-state index contributed by atoms with van der Waals surface area (Å²) in [5.41, 5.74) is 0.571. The Morgan fingerprint density at radius 2 is 2.21 bits per heavy atom. The lowest BCUT2D eigenvalue weighted by Crippen LogP contribution is -2.18. The molecular weight excluding hydrogens is 268 g/mol. The van der Waals surface area contributed by atoms with Gasteiger partial charge in [-0.05, 0) is 25.4 Å². The molecule has 1 fully saturated rings. The van der Waals surface area contributed by atoms with Gasteiger partial charge < -0.3 is 20.1 Å². The summed E-state index contributed by atoms with van der Waals surface area (Å²) in [4.78, 5) is 12.0. The highest BCUT2D eigenvalue weighted by molar-refractivity contribution is 6.34. The number of carbonyl (C=O) groups excluding carboxylic acids is 1. The summed E-state index contributed by atoms with van der Waals surface area (Å²) in [5.74, 6) is 1.62. The van der Waals surface area contributed by atoms with Crippen LogP contribution in [0.2, 0.25) is 5.02 Å². The second-order valence-electron chi connectivity index (χ2n) is 4.80. The molecule has 2 N–H and O–H groups in total. The van der Waals surface area contributed by atoms with E-state index >= 15 is 0 Å². The second kappa shape index (κ2) is 5.27. The molecule has 1 atom stereocenters. The van der Waals surface area contributed by atoms with E-state index in [0.29, 0.717) is 34.5 Å². The van der Waals surface area contributed by atoms with Gasteiger partial charge in [0, 0.05) is 18.6 Å². The summed E-state index contributed by atoms with van der Waals surface area (Å²) in [6.45, 7) is 2.09. The molecule has 1 aromatic carbocycles. The molecule has 3 rings (SSSR count). The number of carbonyl (C=O) groups is 1. The van der Waals surface area contributed by atoms with Crippen LogP contribution in [0.5, 0.6) is 11.5 Å². The molecule has 6 heteroatoms. The Bertz CT molecular complexity index is 501. The molecule has 1 aromatic rings. The van der Waals surface area contributed by atoms with Crippen LogP contribution in [0.15, 0.2) is 12.1 Å². The summed E-state index contributed by atoms with van der Waals surface area (Å²) in [5, 5.41) is 6.54. The Kier molecular flexibility index (Phi) is 3.48. The minimum Gasteiger partial charge on any atom is -0.454 e. The third kappa shape index (κ3) is 2.77. The number of hydrogen-bond acceptors (Lipinski definition) is 4. The molecule has 0 bridgehead atoms. The van der Waals surface area contributed by atoms with Crippen LogP contribution in [0, 0.1) is 5.92 Å². The lowest BCUT2D eigenvalue weighted by molar-refractivity contribution is -0.116. The van der Waals surface area contributed by atoms with Crippen molar-refractivity contribution >= 4 is 23.2 Å². The molecule has 0 radical (unpaired) electrons. The normalized spacial score (nSPS) is 20.6. The fraction of sp³-hybridized carbons (Fsp3) is 0.462. The van der Waals surface area contributed by atoms with Gasteiger partial charge >= 0.3 is 0 Å². The molecule has 0 aromatic heterocycles. The molecule has 0 spiro atoms. The van der Waals surface area contributed by atoms with Crippen LogP contribution in [0.25, 0.3) is 0 Å². The fourth-order valence-electron chi connectivity index (χ4n) is 2.37. The number of ether oxygens (including phenoxy) is 2. The van der Waals surface area contributed by atoms with Crippen molar-refractivity contribution in [3.8, 4) is 11.5 Å². The number of nitrogens with one attached hydrogen (secondary N) is 2. The fourth-order valence-corrected chi connectivity index (χ4v) is 2.57. The molecule has 0 saturated carbocycles. The van der Waals surface area contributed by atoms with E-state index in [1.54, 1.807) is 12.1 Å². The predicted octanol–water partition coefficient (Wildman–Crippen LogP) is 2.01. The second-order valence-corrected chi connectivity index (χ2v) is 5.20. The Morgan fingerprint density at radius 3 is 2.95 bits per heavy atom. The van der Waals surface area contributed by atoms with Crippen molar-refractivity contribution in [1.29, 1.82) is 0 Å². The van der Waals surface area contributed by atoms with E-state index in [4.69, 9.17) is 21.1 Å². The molecular formula is C13H15ClN2O3. The van der Waals surface area contributed by atoms with E-state index in [0.717, 1.165) is 19.5 Å². The first-order valence-electron chi connectivity index (χ1n) is 6.32. The summed E-state index contributed by atoms with van der Waals surface area (Å²) in [6.07, 6.45) is 1.56. The maximum Gasteiger partial charge on any atom is 0.231 e. The zero-order valence-electron chi connectivity index (χ0n) is 10.4. The van der Waals surface area contributed by atoms with E-state index in [1.807, 2.05) is 0 Å². The Balaban J connectivity index is 1.67.